The average molecular weight is 263 g/mol. The predicted octanol–water partition coefficient (Wildman–Crippen LogP) is 2.92. The molecule has 0 aromatic heterocycles. The van der Waals surface area contributed by atoms with E-state index >= 15 is 0 Å². The fourth-order valence-electron chi connectivity index (χ4n) is 4.30. The summed E-state index contributed by atoms with van der Waals surface area (Å²) in [7, 11) is 0. The van der Waals surface area contributed by atoms with Crippen LogP contribution in [0.3, 0.4) is 0 Å². The van der Waals surface area contributed by atoms with Crippen molar-refractivity contribution in [2.24, 2.45) is 5.92 Å². The van der Waals surface area contributed by atoms with E-state index in [4.69, 9.17) is 0 Å². The molecule has 2 fully saturated rings. The van der Waals surface area contributed by atoms with Crippen LogP contribution < -0.4 is 5.32 Å². The summed E-state index contributed by atoms with van der Waals surface area (Å²) in [5, 5.41) is 12.8. The topological polar surface area (TPSA) is 39.1 Å². The lowest BCUT2D eigenvalue weighted by molar-refractivity contribution is 0.0626. The van der Waals surface area contributed by atoms with Crippen LogP contribution in [0.15, 0.2) is 0 Å². The van der Waals surface area contributed by atoms with Gasteiger partial charge in [0.05, 0.1) is 6.07 Å². The monoisotopic (exact) mass is 263 g/mol. The Hall–Kier alpha value is -0.590. The number of hydrogen-bond donors (Lipinski definition) is 1. The van der Waals surface area contributed by atoms with Gasteiger partial charge in [-0.25, -0.2) is 0 Å². The van der Waals surface area contributed by atoms with Crippen LogP contribution in [-0.4, -0.2) is 35.6 Å². The second-order valence-electron chi connectivity index (χ2n) is 6.67. The van der Waals surface area contributed by atoms with E-state index in [0.29, 0.717) is 6.04 Å². The van der Waals surface area contributed by atoms with Crippen molar-refractivity contribution in [1.82, 2.24) is 10.2 Å². The Labute approximate surface area is 118 Å². The molecular weight excluding hydrogens is 234 g/mol. The number of rotatable bonds is 5. The summed E-state index contributed by atoms with van der Waals surface area (Å²) in [6.45, 7) is 8.53. The van der Waals surface area contributed by atoms with Crippen molar-refractivity contribution in [3.8, 4) is 6.07 Å². The third-order valence-corrected chi connectivity index (χ3v) is 5.12. The molecule has 2 aliphatic rings. The highest BCUT2D eigenvalue weighted by atomic mass is 15.2. The van der Waals surface area contributed by atoms with Crippen LogP contribution in [-0.2, 0) is 0 Å². The van der Waals surface area contributed by atoms with Crippen molar-refractivity contribution in [2.75, 3.05) is 13.1 Å². The van der Waals surface area contributed by atoms with Crippen LogP contribution in [0.2, 0.25) is 0 Å². The summed E-state index contributed by atoms with van der Waals surface area (Å²) in [4.78, 5) is 2.70. The molecule has 1 heterocycles. The van der Waals surface area contributed by atoms with Gasteiger partial charge in [-0.15, -0.1) is 0 Å². The molecule has 0 amide bonds. The Kier molecular flexibility index (Phi) is 4.86. The maximum absolute atomic E-state index is 9.42. The van der Waals surface area contributed by atoms with E-state index in [0.717, 1.165) is 24.9 Å². The molecule has 0 aromatic carbocycles. The molecular formula is C16H29N3. The quantitative estimate of drug-likeness (QED) is 0.829. The minimum atomic E-state index is -0.375. The third-order valence-electron chi connectivity index (χ3n) is 5.12. The lowest BCUT2D eigenvalue weighted by Gasteiger charge is -2.43. The normalized spacial score (nSPS) is 32.3. The predicted molar refractivity (Wildman–Crippen MR) is 78.8 cm³/mol. The van der Waals surface area contributed by atoms with Crippen molar-refractivity contribution in [1.29, 1.82) is 5.26 Å². The van der Waals surface area contributed by atoms with Gasteiger partial charge in [-0.3, -0.25) is 10.2 Å². The number of piperidine rings is 1. The molecule has 3 heteroatoms. The zero-order valence-corrected chi connectivity index (χ0v) is 12.8. The van der Waals surface area contributed by atoms with Crippen LogP contribution in [0.1, 0.15) is 59.3 Å². The standard InChI is InChI=1S/C16H29N3/c1-4-18-16(3,12-17)11-13(2)19-10-6-8-14-7-5-9-15(14)19/h13-15,18H,4-11H2,1-3H3. The van der Waals surface area contributed by atoms with Crippen LogP contribution in [0.5, 0.6) is 0 Å². The molecule has 4 atom stereocenters. The number of likely N-dealkylation sites (tertiary alicyclic amines) is 1. The van der Waals surface area contributed by atoms with Gasteiger partial charge in [0.25, 0.3) is 0 Å². The summed E-state index contributed by atoms with van der Waals surface area (Å²) in [6, 6.07) is 3.78. The summed E-state index contributed by atoms with van der Waals surface area (Å²) in [5.74, 6) is 0.934. The lowest BCUT2D eigenvalue weighted by Crippen LogP contribution is -2.52. The van der Waals surface area contributed by atoms with Gasteiger partial charge in [-0.05, 0) is 65.0 Å². The van der Waals surface area contributed by atoms with Crippen molar-refractivity contribution < 1.29 is 0 Å². The van der Waals surface area contributed by atoms with Gasteiger partial charge in [0, 0.05) is 12.1 Å². The number of fused-ring (bicyclic) bond motifs is 1. The molecule has 1 saturated carbocycles. The first-order valence-corrected chi connectivity index (χ1v) is 8.01. The summed E-state index contributed by atoms with van der Waals surface area (Å²) >= 11 is 0. The van der Waals surface area contributed by atoms with Crippen molar-refractivity contribution in [2.45, 2.75) is 76.9 Å². The highest BCUT2D eigenvalue weighted by Gasteiger charge is 2.38. The highest BCUT2D eigenvalue weighted by Crippen LogP contribution is 2.38. The van der Waals surface area contributed by atoms with E-state index in [9.17, 15) is 5.26 Å². The molecule has 0 radical (unpaired) electrons. The van der Waals surface area contributed by atoms with Gasteiger partial charge >= 0.3 is 0 Å². The Morgan fingerprint density at radius 1 is 1.37 bits per heavy atom. The first-order valence-electron chi connectivity index (χ1n) is 8.01. The lowest BCUT2D eigenvalue weighted by atomic mass is 9.87. The van der Waals surface area contributed by atoms with Crippen LogP contribution >= 0.6 is 0 Å². The molecule has 0 aromatic rings. The van der Waals surface area contributed by atoms with Crippen LogP contribution in [0, 0.1) is 17.2 Å². The van der Waals surface area contributed by atoms with Gasteiger partial charge in [-0.1, -0.05) is 13.3 Å². The smallest absolute Gasteiger partial charge is 0.105 e. The Bertz CT molecular complexity index is 335. The van der Waals surface area contributed by atoms with E-state index < -0.39 is 0 Å². The van der Waals surface area contributed by atoms with Crippen LogP contribution in [0.25, 0.3) is 0 Å². The second-order valence-corrected chi connectivity index (χ2v) is 6.67. The third kappa shape index (κ3) is 3.30. The molecule has 0 bridgehead atoms. The van der Waals surface area contributed by atoms with Gasteiger partial charge < -0.3 is 0 Å². The molecule has 1 aliphatic carbocycles. The molecule has 1 N–H and O–H groups in total. The SMILES string of the molecule is CCNC(C)(C#N)CC(C)N1CCCC2CCCC21. The first kappa shape index (κ1) is 14.8. The minimum absolute atomic E-state index is 0.375. The number of nitrogens with one attached hydrogen (secondary N) is 1. The second kappa shape index (κ2) is 6.24. The van der Waals surface area contributed by atoms with Crippen molar-refractivity contribution >= 4 is 0 Å². The maximum atomic E-state index is 9.42. The van der Waals surface area contributed by atoms with E-state index in [1.54, 1.807) is 0 Å². The summed E-state index contributed by atoms with van der Waals surface area (Å²) in [5.41, 5.74) is -0.375. The van der Waals surface area contributed by atoms with Gasteiger partial charge in [0.15, 0.2) is 0 Å². The average Bonchev–Trinajstić information content (AvgIpc) is 2.86. The zero-order chi connectivity index (χ0) is 13.9. The van der Waals surface area contributed by atoms with Crippen LogP contribution in [0.4, 0.5) is 0 Å². The highest BCUT2D eigenvalue weighted by molar-refractivity contribution is 5.06. The summed E-state index contributed by atoms with van der Waals surface area (Å²) in [6.07, 6.45) is 7.91. The molecule has 0 spiro atoms. The summed E-state index contributed by atoms with van der Waals surface area (Å²) < 4.78 is 0. The Balaban J connectivity index is 1.98. The number of nitrogens with zero attached hydrogens (tertiary/aromatic N) is 2. The molecule has 108 valence electrons. The van der Waals surface area contributed by atoms with Crippen molar-refractivity contribution in [3.63, 3.8) is 0 Å². The van der Waals surface area contributed by atoms with Gasteiger partial charge in [-0.2, -0.15) is 5.26 Å². The molecule has 2 rings (SSSR count). The Morgan fingerprint density at radius 3 is 2.79 bits per heavy atom. The minimum Gasteiger partial charge on any atom is -0.300 e. The molecule has 4 unspecified atom stereocenters. The van der Waals surface area contributed by atoms with Gasteiger partial charge in [0.1, 0.15) is 5.54 Å². The first-order chi connectivity index (χ1) is 9.09. The largest absolute Gasteiger partial charge is 0.300 e. The molecule has 3 nitrogen and oxygen atoms in total. The molecule has 19 heavy (non-hydrogen) atoms. The van der Waals surface area contributed by atoms with E-state index in [1.807, 2.05) is 6.92 Å². The van der Waals surface area contributed by atoms with E-state index in [2.05, 4.69) is 30.1 Å². The van der Waals surface area contributed by atoms with E-state index in [-0.39, 0.29) is 5.54 Å². The number of hydrogen-bond acceptors (Lipinski definition) is 3. The van der Waals surface area contributed by atoms with Gasteiger partial charge in [0.2, 0.25) is 0 Å². The van der Waals surface area contributed by atoms with Crippen molar-refractivity contribution in [3.05, 3.63) is 0 Å². The fraction of sp³-hybridized carbons (Fsp3) is 0.938. The fourth-order valence-corrected chi connectivity index (χ4v) is 4.30. The maximum Gasteiger partial charge on any atom is 0.105 e. The molecule has 1 saturated heterocycles. The number of nitriles is 1. The molecule has 1 aliphatic heterocycles. The zero-order valence-electron chi connectivity index (χ0n) is 12.8. The van der Waals surface area contributed by atoms with E-state index in [1.165, 1.54) is 38.6 Å². The Morgan fingerprint density at radius 2 is 2.11 bits per heavy atom.